The van der Waals surface area contributed by atoms with Crippen molar-refractivity contribution in [3.05, 3.63) is 22.9 Å². The molecule has 0 aliphatic heterocycles. The molecule has 17 heavy (non-hydrogen) atoms. The van der Waals surface area contributed by atoms with Crippen LogP contribution >= 0.6 is 11.6 Å². The van der Waals surface area contributed by atoms with E-state index in [0.29, 0.717) is 18.0 Å². The predicted octanol–water partition coefficient (Wildman–Crippen LogP) is 1.24. The summed E-state index contributed by atoms with van der Waals surface area (Å²) in [5, 5.41) is 9.41. The predicted molar refractivity (Wildman–Crippen MR) is 66.6 cm³/mol. The number of rotatable bonds is 5. The van der Waals surface area contributed by atoms with Gasteiger partial charge < -0.3 is 5.32 Å². The summed E-state index contributed by atoms with van der Waals surface area (Å²) in [4.78, 5) is 15.3. The number of hydrogen-bond acceptors (Lipinski definition) is 4. The number of nitrogens with one attached hydrogen (secondary N) is 2. The molecule has 0 spiro atoms. The third kappa shape index (κ3) is 2.76. The van der Waals surface area contributed by atoms with Gasteiger partial charge in [-0.15, -0.1) is 11.6 Å². The molecule has 1 unspecified atom stereocenters. The molecule has 2 aromatic rings. The van der Waals surface area contributed by atoms with E-state index in [2.05, 4.69) is 27.4 Å². The molecule has 0 aromatic carbocycles. The van der Waals surface area contributed by atoms with E-state index in [1.165, 1.54) is 10.7 Å². The van der Waals surface area contributed by atoms with Crippen LogP contribution in [0.5, 0.6) is 0 Å². The minimum Gasteiger partial charge on any atom is -0.368 e. The summed E-state index contributed by atoms with van der Waals surface area (Å²) in [6.07, 6.45) is 3.45. The van der Waals surface area contributed by atoms with E-state index in [0.717, 1.165) is 12.8 Å². The van der Waals surface area contributed by atoms with Crippen molar-refractivity contribution in [3.63, 3.8) is 0 Å². The summed E-state index contributed by atoms with van der Waals surface area (Å²) < 4.78 is 1.34. The first-order chi connectivity index (χ1) is 8.20. The number of halogens is 1. The molecule has 0 aliphatic carbocycles. The van der Waals surface area contributed by atoms with Crippen LogP contribution in [0, 0.1) is 0 Å². The van der Waals surface area contributed by atoms with Gasteiger partial charge >= 0.3 is 5.69 Å². The van der Waals surface area contributed by atoms with Gasteiger partial charge in [-0.25, -0.2) is 19.3 Å². The van der Waals surface area contributed by atoms with Crippen molar-refractivity contribution < 1.29 is 0 Å². The third-order valence-electron chi connectivity index (χ3n) is 2.42. The average molecular weight is 256 g/mol. The Morgan fingerprint density at radius 1 is 1.65 bits per heavy atom. The number of aromatic nitrogens is 4. The minimum atomic E-state index is -0.291. The van der Waals surface area contributed by atoms with Crippen molar-refractivity contribution in [2.24, 2.45) is 0 Å². The van der Waals surface area contributed by atoms with Crippen LogP contribution in [-0.4, -0.2) is 31.5 Å². The smallest absolute Gasteiger partial charge is 0.348 e. The van der Waals surface area contributed by atoms with E-state index in [9.17, 15) is 4.79 Å². The Labute approximate surface area is 103 Å². The molecule has 7 heteroatoms. The Bertz CT molecular complexity index is 549. The van der Waals surface area contributed by atoms with E-state index in [1.807, 2.05) is 0 Å². The quantitative estimate of drug-likeness (QED) is 0.789. The molecule has 0 radical (unpaired) electrons. The molecule has 0 saturated heterocycles. The van der Waals surface area contributed by atoms with Crippen LogP contribution in [0.15, 0.2) is 17.2 Å². The molecule has 92 valence electrons. The van der Waals surface area contributed by atoms with Crippen molar-refractivity contribution in [3.8, 4) is 0 Å². The molecule has 0 fully saturated rings. The lowest BCUT2D eigenvalue weighted by molar-refractivity contribution is 0.750. The van der Waals surface area contributed by atoms with Gasteiger partial charge in [0.2, 0.25) is 0 Å². The second-order valence-electron chi connectivity index (χ2n) is 3.80. The number of anilines is 1. The highest BCUT2D eigenvalue weighted by molar-refractivity contribution is 6.20. The van der Waals surface area contributed by atoms with Crippen LogP contribution in [0.3, 0.4) is 0 Å². The highest BCUT2D eigenvalue weighted by atomic mass is 35.5. The summed E-state index contributed by atoms with van der Waals surface area (Å²) in [5.41, 5.74) is 0.245. The Morgan fingerprint density at radius 2 is 2.47 bits per heavy atom. The highest BCUT2D eigenvalue weighted by Crippen LogP contribution is 2.08. The van der Waals surface area contributed by atoms with Crippen molar-refractivity contribution in [1.29, 1.82) is 0 Å². The van der Waals surface area contributed by atoms with Crippen LogP contribution in [0.4, 0.5) is 5.82 Å². The standard InChI is InChI=1S/C10H14ClN5O/c1-2-3-7(11)5-12-8-4-9-14-15-10(17)16(9)6-13-8/h4,6-7,12H,2-3,5H2,1H3,(H,15,17). The van der Waals surface area contributed by atoms with Crippen LogP contribution in [-0.2, 0) is 0 Å². The van der Waals surface area contributed by atoms with Gasteiger partial charge in [0, 0.05) is 12.6 Å². The molecule has 1 atom stereocenters. The molecule has 2 N–H and O–H groups in total. The van der Waals surface area contributed by atoms with Crippen molar-refractivity contribution in [1.82, 2.24) is 19.6 Å². The van der Waals surface area contributed by atoms with Crippen LogP contribution in [0.1, 0.15) is 19.8 Å². The molecule has 0 saturated carbocycles. The van der Waals surface area contributed by atoms with E-state index >= 15 is 0 Å². The van der Waals surface area contributed by atoms with Crippen molar-refractivity contribution in [2.75, 3.05) is 11.9 Å². The fraction of sp³-hybridized carbons (Fsp3) is 0.500. The topological polar surface area (TPSA) is 75.1 Å². The molecule has 0 aliphatic rings. The van der Waals surface area contributed by atoms with Crippen LogP contribution in [0.2, 0.25) is 0 Å². The zero-order valence-corrected chi connectivity index (χ0v) is 10.2. The first kappa shape index (κ1) is 11.9. The summed E-state index contributed by atoms with van der Waals surface area (Å²) in [5.74, 6) is 0.665. The Kier molecular flexibility index (Phi) is 3.63. The molecule has 2 heterocycles. The second-order valence-corrected chi connectivity index (χ2v) is 4.42. The fourth-order valence-electron chi connectivity index (χ4n) is 1.54. The van der Waals surface area contributed by atoms with Crippen LogP contribution in [0.25, 0.3) is 5.65 Å². The number of nitrogens with zero attached hydrogens (tertiary/aromatic N) is 3. The second kappa shape index (κ2) is 5.18. The minimum absolute atomic E-state index is 0.0828. The fourth-order valence-corrected chi connectivity index (χ4v) is 1.83. The van der Waals surface area contributed by atoms with Gasteiger partial charge in [-0.1, -0.05) is 13.3 Å². The highest BCUT2D eigenvalue weighted by Gasteiger charge is 2.05. The summed E-state index contributed by atoms with van der Waals surface area (Å²) in [7, 11) is 0. The van der Waals surface area contributed by atoms with Crippen LogP contribution < -0.4 is 11.0 Å². The number of aromatic amines is 1. The van der Waals surface area contributed by atoms with E-state index in [4.69, 9.17) is 11.6 Å². The maximum Gasteiger partial charge on any atom is 0.348 e. The van der Waals surface area contributed by atoms with Gasteiger partial charge in [-0.2, -0.15) is 5.10 Å². The van der Waals surface area contributed by atoms with E-state index in [1.54, 1.807) is 6.07 Å². The average Bonchev–Trinajstić information content (AvgIpc) is 2.69. The molecule has 2 aromatic heterocycles. The summed E-state index contributed by atoms with van der Waals surface area (Å²) >= 11 is 6.09. The Morgan fingerprint density at radius 3 is 3.24 bits per heavy atom. The van der Waals surface area contributed by atoms with Gasteiger partial charge in [0.05, 0.1) is 5.38 Å². The normalized spacial score (nSPS) is 12.8. The van der Waals surface area contributed by atoms with Gasteiger partial charge in [0.1, 0.15) is 12.1 Å². The number of H-pyrrole nitrogens is 1. The summed E-state index contributed by atoms with van der Waals surface area (Å²) in [6.45, 7) is 2.74. The summed E-state index contributed by atoms with van der Waals surface area (Å²) in [6, 6.07) is 1.70. The lowest BCUT2D eigenvalue weighted by atomic mass is 10.2. The van der Waals surface area contributed by atoms with Gasteiger partial charge in [0.15, 0.2) is 5.65 Å². The zero-order chi connectivity index (χ0) is 12.3. The Balaban J connectivity index is 2.07. The van der Waals surface area contributed by atoms with E-state index in [-0.39, 0.29) is 11.1 Å². The molecule has 6 nitrogen and oxygen atoms in total. The molecule has 0 amide bonds. The lowest BCUT2D eigenvalue weighted by Gasteiger charge is -2.09. The van der Waals surface area contributed by atoms with E-state index < -0.39 is 0 Å². The number of hydrogen-bond donors (Lipinski definition) is 2. The first-order valence-electron chi connectivity index (χ1n) is 5.51. The number of fused-ring (bicyclic) bond motifs is 1. The zero-order valence-electron chi connectivity index (χ0n) is 9.48. The molecule has 2 rings (SSSR count). The lowest BCUT2D eigenvalue weighted by Crippen LogP contribution is -2.15. The maximum atomic E-state index is 11.2. The maximum absolute atomic E-state index is 11.2. The monoisotopic (exact) mass is 255 g/mol. The molecular formula is C10H14ClN5O. The molecule has 0 bridgehead atoms. The number of alkyl halides is 1. The van der Waals surface area contributed by atoms with Crippen molar-refractivity contribution >= 4 is 23.1 Å². The van der Waals surface area contributed by atoms with Crippen molar-refractivity contribution in [2.45, 2.75) is 25.1 Å². The van der Waals surface area contributed by atoms with Gasteiger partial charge in [-0.3, -0.25) is 0 Å². The van der Waals surface area contributed by atoms with Gasteiger partial charge in [-0.05, 0) is 6.42 Å². The third-order valence-corrected chi connectivity index (χ3v) is 2.79. The largest absolute Gasteiger partial charge is 0.368 e. The van der Waals surface area contributed by atoms with Gasteiger partial charge in [0.25, 0.3) is 0 Å². The first-order valence-corrected chi connectivity index (χ1v) is 5.95. The molecular weight excluding hydrogens is 242 g/mol. The Hall–Kier alpha value is -1.56. The SMILES string of the molecule is CCCC(Cl)CNc1cc2n[nH]c(=O)n2cn1.